The third kappa shape index (κ3) is 5.22. The molecular formula is C14H19F2NO3. The number of hydrogen-bond donors (Lipinski definition) is 2. The van der Waals surface area contributed by atoms with Crippen LogP contribution in [0.1, 0.15) is 24.2 Å². The molecule has 0 spiro atoms. The molecule has 1 amide bonds. The molecule has 20 heavy (non-hydrogen) atoms. The van der Waals surface area contributed by atoms with Gasteiger partial charge in [0.2, 0.25) is 0 Å². The molecule has 6 heteroatoms. The molecule has 0 aliphatic heterocycles. The summed E-state index contributed by atoms with van der Waals surface area (Å²) in [5.41, 5.74) is -0.389. The lowest BCUT2D eigenvalue weighted by Gasteiger charge is -2.13. The average Bonchev–Trinajstić information content (AvgIpc) is 2.38. The van der Waals surface area contributed by atoms with Crippen LogP contribution in [0.5, 0.6) is 0 Å². The van der Waals surface area contributed by atoms with Crippen LogP contribution in [0.2, 0.25) is 0 Å². The lowest BCUT2D eigenvalue weighted by atomic mass is 10.2. The molecule has 2 N–H and O–H groups in total. The van der Waals surface area contributed by atoms with Gasteiger partial charge in [0.15, 0.2) is 11.6 Å². The second-order valence-corrected chi connectivity index (χ2v) is 4.90. The first-order valence-corrected chi connectivity index (χ1v) is 6.39. The number of carbonyl (C=O) groups is 1. The van der Waals surface area contributed by atoms with E-state index in [4.69, 9.17) is 4.74 Å². The number of aliphatic hydroxyl groups excluding tert-OH is 1. The molecule has 1 rings (SSSR count). The van der Waals surface area contributed by atoms with E-state index in [9.17, 15) is 18.7 Å². The summed E-state index contributed by atoms with van der Waals surface area (Å²) < 4.78 is 31.5. The molecule has 0 bridgehead atoms. The number of rotatable bonds is 7. The lowest BCUT2D eigenvalue weighted by Crippen LogP contribution is -2.35. The first-order chi connectivity index (χ1) is 9.41. The predicted molar refractivity (Wildman–Crippen MR) is 70.4 cm³/mol. The van der Waals surface area contributed by atoms with Gasteiger partial charge in [-0.1, -0.05) is 19.9 Å². The summed E-state index contributed by atoms with van der Waals surface area (Å²) in [6, 6.07) is 3.35. The number of hydrogen-bond acceptors (Lipinski definition) is 3. The van der Waals surface area contributed by atoms with E-state index >= 15 is 0 Å². The monoisotopic (exact) mass is 287 g/mol. The van der Waals surface area contributed by atoms with Crippen molar-refractivity contribution in [2.75, 3.05) is 19.8 Å². The van der Waals surface area contributed by atoms with E-state index in [0.29, 0.717) is 12.5 Å². The Labute approximate surface area is 116 Å². The highest BCUT2D eigenvalue weighted by molar-refractivity contribution is 5.94. The van der Waals surface area contributed by atoms with Crippen molar-refractivity contribution in [2.45, 2.75) is 20.0 Å². The molecule has 1 atom stereocenters. The molecule has 0 saturated carbocycles. The maximum Gasteiger partial charge on any atom is 0.254 e. The normalized spacial score (nSPS) is 12.5. The second-order valence-electron chi connectivity index (χ2n) is 4.90. The van der Waals surface area contributed by atoms with Crippen molar-refractivity contribution < 1.29 is 23.4 Å². The third-order valence-corrected chi connectivity index (χ3v) is 2.46. The van der Waals surface area contributed by atoms with Crippen molar-refractivity contribution >= 4 is 5.91 Å². The van der Waals surface area contributed by atoms with E-state index in [1.165, 1.54) is 12.1 Å². The van der Waals surface area contributed by atoms with E-state index < -0.39 is 23.6 Å². The van der Waals surface area contributed by atoms with Crippen molar-refractivity contribution in [2.24, 2.45) is 5.92 Å². The fourth-order valence-corrected chi connectivity index (χ4v) is 1.48. The number of nitrogens with one attached hydrogen (secondary N) is 1. The fourth-order valence-electron chi connectivity index (χ4n) is 1.48. The highest BCUT2D eigenvalue weighted by Crippen LogP contribution is 2.10. The summed E-state index contributed by atoms with van der Waals surface area (Å²) >= 11 is 0. The van der Waals surface area contributed by atoms with Crippen LogP contribution < -0.4 is 5.32 Å². The van der Waals surface area contributed by atoms with Crippen LogP contribution in [0.3, 0.4) is 0 Å². The van der Waals surface area contributed by atoms with Crippen molar-refractivity contribution in [3.8, 4) is 0 Å². The van der Waals surface area contributed by atoms with Crippen LogP contribution in [0.25, 0.3) is 0 Å². The number of benzene rings is 1. The number of ether oxygens (including phenoxy) is 1. The summed E-state index contributed by atoms with van der Waals surface area (Å²) in [7, 11) is 0. The quantitative estimate of drug-likeness (QED) is 0.803. The van der Waals surface area contributed by atoms with Gasteiger partial charge >= 0.3 is 0 Å². The van der Waals surface area contributed by atoms with Gasteiger partial charge in [-0.2, -0.15) is 0 Å². The van der Waals surface area contributed by atoms with E-state index in [-0.39, 0.29) is 18.7 Å². The van der Waals surface area contributed by atoms with Gasteiger partial charge in [0.1, 0.15) is 0 Å². The van der Waals surface area contributed by atoms with Crippen LogP contribution >= 0.6 is 0 Å². The molecule has 0 saturated heterocycles. The third-order valence-electron chi connectivity index (χ3n) is 2.46. The standard InChI is InChI=1S/C14H19F2NO3/c1-9(2)7-20-8-10(18)6-17-14(19)11-4-3-5-12(15)13(11)16/h3-5,9-10,18H,6-8H2,1-2H3,(H,17,19). The molecule has 0 aliphatic carbocycles. The minimum atomic E-state index is -1.20. The van der Waals surface area contributed by atoms with Crippen LogP contribution in [0.15, 0.2) is 18.2 Å². The summed E-state index contributed by atoms with van der Waals surface area (Å²) in [6.07, 6.45) is -0.894. The molecule has 112 valence electrons. The smallest absolute Gasteiger partial charge is 0.254 e. The van der Waals surface area contributed by atoms with Crippen molar-refractivity contribution in [1.82, 2.24) is 5.32 Å². The average molecular weight is 287 g/mol. The largest absolute Gasteiger partial charge is 0.389 e. The molecule has 0 aliphatic rings. The minimum Gasteiger partial charge on any atom is -0.389 e. The Kier molecular flexibility index (Phi) is 6.54. The number of halogens is 2. The highest BCUT2D eigenvalue weighted by Gasteiger charge is 2.15. The molecule has 0 fully saturated rings. The number of aliphatic hydroxyl groups is 1. The Morgan fingerprint density at radius 2 is 2.05 bits per heavy atom. The Hall–Kier alpha value is -1.53. The Morgan fingerprint density at radius 1 is 1.35 bits per heavy atom. The molecule has 1 unspecified atom stereocenters. The van der Waals surface area contributed by atoms with Crippen LogP contribution in [0, 0.1) is 17.6 Å². The molecule has 1 aromatic carbocycles. The van der Waals surface area contributed by atoms with Crippen molar-refractivity contribution in [1.29, 1.82) is 0 Å². The van der Waals surface area contributed by atoms with Crippen LogP contribution in [-0.2, 0) is 4.74 Å². The van der Waals surface area contributed by atoms with Gasteiger partial charge in [-0.05, 0) is 18.1 Å². The lowest BCUT2D eigenvalue weighted by molar-refractivity contribution is 0.0259. The van der Waals surface area contributed by atoms with Crippen LogP contribution in [-0.4, -0.2) is 36.9 Å². The van der Waals surface area contributed by atoms with Gasteiger partial charge in [-0.15, -0.1) is 0 Å². The van der Waals surface area contributed by atoms with E-state index in [2.05, 4.69) is 5.32 Å². The Balaban J connectivity index is 2.41. The minimum absolute atomic E-state index is 0.0735. The molecular weight excluding hydrogens is 268 g/mol. The summed E-state index contributed by atoms with van der Waals surface area (Å²) in [6.45, 7) is 4.43. The summed E-state index contributed by atoms with van der Waals surface area (Å²) in [5.74, 6) is -2.71. The van der Waals surface area contributed by atoms with Gasteiger partial charge in [-0.3, -0.25) is 4.79 Å². The summed E-state index contributed by atoms with van der Waals surface area (Å²) in [5, 5.41) is 11.9. The second kappa shape index (κ2) is 7.91. The SMILES string of the molecule is CC(C)COCC(O)CNC(=O)c1cccc(F)c1F. The topological polar surface area (TPSA) is 58.6 Å². The predicted octanol–water partition coefficient (Wildman–Crippen LogP) is 1.73. The van der Waals surface area contributed by atoms with Gasteiger partial charge in [0, 0.05) is 13.2 Å². The van der Waals surface area contributed by atoms with Crippen molar-refractivity contribution in [3.63, 3.8) is 0 Å². The maximum atomic E-state index is 13.3. The maximum absolute atomic E-state index is 13.3. The summed E-state index contributed by atoms with van der Waals surface area (Å²) in [4.78, 5) is 11.6. The molecule has 0 radical (unpaired) electrons. The van der Waals surface area contributed by atoms with Gasteiger partial charge in [0.05, 0.1) is 18.3 Å². The van der Waals surface area contributed by atoms with Crippen molar-refractivity contribution in [3.05, 3.63) is 35.4 Å². The first kappa shape index (κ1) is 16.5. The van der Waals surface area contributed by atoms with E-state index in [0.717, 1.165) is 6.07 Å². The molecule has 1 aromatic rings. The van der Waals surface area contributed by atoms with Gasteiger partial charge < -0.3 is 15.2 Å². The zero-order chi connectivity index (χ0) is 15.1. The fraction of sp³-hybridized carbons (Fsp3) is 0.500. The Morgan fingerprint density at radius 3 is 2.70 bits per heavy atom. The number of amides is 1. The zero-order valence-electron chi connectivity index (χ0n) is 11.5. The molecule has 0 aromatic heterocycles. The Bertz CT molecular complexity index is 452. The van der Waals surface area contributed by atoms with Gasteiger partial charge in [-0.25, -0.2) is 8.78 Å². The first-order valence-electron chi connectivity index (χ1n) is 6.39. The zero-order valence-corrected chi connectivity index (χ0v) is 11.5. The molecule has 4 nitrogen and oxygen atoms in total. The van der Waals surface area contributed by atoms with E-state index in [1.807, 2.05) is 13.8 Å². The van der Waals surface area contributed by atoms with Gasteiger partial charge in [0.25, 0.3) is 5.91 Å². The number of carbonyl (C=O) groups excluding carboxylic acids is 1. The highest BCUT2D eigenvalue weighted by atomic mass is 19.2. The molecule has 0 heterocycles. The van der Waals surface area contributed by atoms with Crippen LogP contribution in [0.4, 0.5) is 8.78 Å². The van der Waals surface area contributed by atoms with E-state index in [1.54, 1.807) is 0 Å².